The molecule has 204 valence electrons. The Morgan fingerprint density at radius 1 is 0.975 bits per heavy atom. The van der Waals surface area contributed by atoms with E-state index in [0.717, 1.165) is 35.1 Å². The molecule has 0 amide bonds. The smallest absolute Gasteiger partial charge is 0.303 e. The van der Waals surface area contributed by atoms with Crippen LogP contribution in [0.1, 0.15) is 78.3 Å². The standard InChI is InChI=1S/C30H30N6O4/c1-3-4-11-24-31-26-27(29(40)21(18(2)28(26)39)10-7-12-25(37)38)36(24)17-19-13-15-20(16-14-19)22-8-5-6-9-23(22)30-32-34-35-33-30/h5-6,8-9,13-16H,3-4,7,10-12,17H2,1-2H3,(H,37,38)(H,32,33,34,35). The number of H-pyrrole nitrogens is 1. The molecule has 2 N–H and O–H groups in total. The van der Waals surface area contributed by atoms with Gasteiger partial charge in [0.25, 0.3) is 0 Å². The third kappa shape index (κ3) is 5.25. The summed E-state index contributed by atoms with van der Waals surface area (Å²) in [5.41, 5.74) is 5.05. The number of allylic oxidation sites excluding steroid dienone is 2. The van der Waals surface area contributed by atoms with Crippen molar-refractivity contribution in [2.24, 2.45) is 0 Å². The van der Waals surface area contributed by atoms with E-state index in [4.69, 9.17) is 5.11 Å². The summed E-state index contributed by atoms with van der Waals surface area (Å²) in [6, 6.07) is 15.9. The lowest BCUT2D eigenvalue weighted by Crippen LogP contribution is -2.24. The molecule has 40 heavy (non-hydrogen) atoms. The van der Waals surface area contributed by atoms with Crippen LogP contribution in [0.2, 0.25) is 0 Å². The number of fused-ring (bicyclic) bond motifs is 1. The van der Waals surface area contributed by atoms with E-state index in [9.17, 15) is 14.4 Å². The lowest BCUT2D eigenvalue weighted by Gasteiger charge is -2.18. The zero-order valence-electron chi connectivity index (χ0n) is 22.5. The maximum atomic E-state index is 13.7. The average molecular weight is 539 g/mol. The second kappa shape index (κ2) is 11.6. The van der Waals surface area contributed by atoms with Crippen molar-refractivity contribution in [3.8, 4) is 22.5 Å². The Hall–Kier alpha value is -4.73. The predicted molar refractivity (Wildman–Crippen MR) is 148 cm³/mol. The largest absolute Gasteiger partial charge is 0.481 e. The zero-order valence-corrected chi connectivity index (χ0v) is 22.5. The van der Waals surface area contributed by atoms with Gasteiger partial charge in [-0.15, -0.1) is 5.10 Å². The van der Waals surface area contributed by atoms with Gasteiger partial charge < -0.3 is 9.67 Å². The Morgan fingerprint density at radius 3 is 2.40 bits per heavy atom. The predicted octanol–water partition coefficient (Wildman–Crippen LogP) is 5.07. The number of carbonyl (C=O) groups is 3. The second-order valence-electron chi connectivity index (χ2n) is 9.92. The van der Waals surface area contributed by atoms with Gasteiger partial charge in [0.15, 0.2) is 5.82 Å². The highest BCUT2D eigenvalue weighted by Gasteiger charge is 2.35. The van der Waals surface area contributed by atoms with E-state index in [0.29, 0.717) is 47.9 Å². The van der Waals surface area contributed by atoms with E-state index in [1.165, 1.54) is 0 Å². The van der Waals surface area contributed by atoms with Crippen molar-refractivity contribution in [1.29, 1.82) is 0 Å². The van der Waals surface area contributed by atoms with Gasteiger partial charge in [-0.3, -0.25) is 14.4 Å². The van der Waals surface area contributed by atoms with Crippen LogP contribution in [0.3, 0.4) is 0 Å². The molecular weight excluding hydrogens is 508 g/mol. The first kappa shape index (κ1) is 26.9. The van der Waals surface area contributed by atoms with Crippen LogP contribution < -0.4 is 0 Å². The third-order valence-corrected chi connectivity index (χ3v) is 7.25. The number of carboxylic acids is 1. The van der Waals surface area contributed by atoms with Crippen LogP contribution in [0.25, 0.3) is 22.5 Å². The van der Waals surface area contributed by atoms with Crippen LogP contribution in [-0.2, 0) is 17.8 Å². The van der Waals surface area contributed by atoms with E-state index in [-0.39, 0.29) is 30.1 Å². The van der Waals surface area contributed by atoms with Crippen LogP contribution >= 0.6 is 0 Å². The quantitative estimate of drug-likeness (QED) is 0.269. The molecule has 0 saturated heterocycles. The number of rotatable bonds is 11. The minimum absolute atomic E-state index is 0.0610. The summed E-state index contributed by atoms with van der Waals surface area (Å²) in [6.07, 6.45) is 2.95. The molecule has 10 nitrogen and oxygen atoms in total. The van der Waals surface area contributed by atoms with Crippen molar-refractivity contribution < 1.29 is 19.5 Å². The molecule has 0 radical (unpaired) electrons. The lowest BCUT2D eigenvalue weighted by molar-refractivity contribution is -0.137. The number of carboxylic acid groups (broad SMARTS) is 1. The lowest BCUT2D eigenvalue weighted by atomic mass is 9.88. The maximum Gasteiger partial charge on any atom is 0.303 e. The van der Waals surface area contributed by atoms with Crippen molar-refractivity contribution in [2.75, 3.05) is 0 Å². The van der Waals surface area contributed by atoms with Crippen molar-refractivity contribution >= 4 is 17.5 Å². The van der Waals surface area contributed by atoms with E-state index in [1.54, 1.807) is 6.92 Å². The summed E-state index contributed by atoms with van der Waals surface area (Å²) in [5.74, 6) is -0.135. The molecule has 5 rings (SSSR count). The molecule has 0 spiro atoms. The van der Waals surface area contributed by atoms with Crippen LogP contribution in [0.15, 0.2) is 59.7 Å². The van der Waals surface area contributed by atoms with Crippen molar-refractivity contribution in [2.45, 2.75) is 58.9 Å². The molecule has 2 aromatic heterocycles. The van der Waals surface area contributed by atoms with Gasteiger partial charge >= 0.3 is 5.97 Å². The molecule has 0 bridgehead atoms. The number of aryl methyl sites for hydroxylation is 1. The number of ketones is 2. The molecule has 10 heteroatoms. The first-order chi connectivity index (χ1) is 19.4. The summed E-state index contributed by atoms with van der Waals surface area (Å²) in [7, 11) is 0. The summed E-state index contributed by atoms with van der Waals surface area (Å²) >= 11 is 0. The highest BCUT2D eigenvalue weighted by molar-refractivity contribution is 6.25. The van der Waals surface area contributed by atoms with Crippen LogP contribution in [0.5, 0.6) is 0 Å². The van der Waals surface area contributed by atoms with Crippen molar-refractivity contribution in [1.82, 2.24) is 30.2 Å². The normalized spacial score (nSPS) is 13.2. The molecule has 0 unspecified atom stereocenters. The molecule has 2 aromatic carbocycles. The summed E-state index contributed by atoms with van der Waals surface area (Å²) in [4.78, 5) is 42.7. The molecule has 0 atom stereocenters. The van der Waals surface area contributed by atoms with Crippen molar-refractivity contribution in [3.63, 3.8) is 0 Å². The number of benzene rings is 2. The van der Waals surface area contributed by atoms with E-state index < -0.39 is 5.97 Å². The minimum atomic E-state index is -0.927. The molecule has 4 aromatic rings. The van der Waals surface area contributed by atoms with Gasteiger partial charge in [0.1, 0.15) is 17.2 Å². The van der Waals surface area contributed by atoms with Crippen molar-refractivity contribution in [3.05, 3.63) is 82.5 Å². The van der Waals surface area contributed by atoms with Gasteiger partial charge in [0, 0.05) is 36.1 Å². The summed E-state index contributed by atoms with van der Waals surface area (Å²) < 4.78 is 1.87. The van der Waals surface area contributed by atoms with Gasteiger partial charge in [0.05, 0.1) is 0 Å². The number of aromatic nitrogens is 6. The number of tetrazole rings is 1. The molecule has 0 saturated carbocycles. The van der Waals surface area contributed by atoms with Gasteiger partial charge in [-0.05, 0) is 53.3 Å². The Morgan fingerprint density at radius 2 is 1.73 bits per heavy atom. The fourth-order valence-electron chi connectivity index (χ4n) is 5.12. The Bertz CT molecular complexity index is 1600. The highest BCUT2D eigenvalue weighted by Crippen LogP contribution is 2.32. The maximum absolute atomic E-state index is 13.7. The third-order valence-electron chi connectivity index (χ3n) is 7.25. The Kier molecular flexibility index (Phi) is 7.77. The van der Waals surface area contributed by atoms with Gasteiger partial charge in [-0.2, -0.15) is 0 Å². The molecule has 0 aliphatic heterocycles. The number of unbranched alkanes of at least 4 members (excludes halogenated alkanes) is 1. The van der Waals surface area contributed by atoms with E-state index in [2.05, 4.69) is 32.5 Å². The Labute approximate surface area is 231 Å². The summed E-state index contributed by atoms with van der Waals surface area (Å²) in [5, 5.41) is 23.3. The number of Topliss-reactive ketones (excluding diaryl/α,β-unsaturated/α-hetero) is 2. The number of aromatic amines is 1. The number of hydrogen-bond acceptors (Lipinski definition) is 7. The number of carbonyl (C=O) groups excluding carboxylic acids is 2. The van der Waals surface area contributed by atoms with Gasteiger partial charge in [-0.25, -0.2) is 10.1 Å². The molecule has 2 heterocycles. The van der Waals surface area contributed by atoms with Crippen LogP contribution in [0.4, 0.5) is 0 Å². The second-order valence-corrected chi connectivity index (χ2v) is 9.92. The number of hydrogen-bond donors (Lipinski definition) is 2. The fraction of sp³-hybridized carbons (Fsp3) is 0.300. The molecule has 0 fully saturated rings. The Balaban J connectivity index is 1.47. The minimum Gasteiger partial charge on any atom is -0.481 e. The summed E-state index contributed by atoms with van der Waals surface area (Å²) in [6.45, 7) is 4.10. The van der Waals surface area contributed by atoms with Crippen LogP contribution in [-0.4, -0.2) is 52.8 Å². The number of nitrogens with zero attached hydrogens (tertiary/aromatic N) is 5. The fourth-order valence-corrected chi connectivity index (χ4v) is 5.12. The molecule has 1 aliphatic carbocycles. The van der Waals surface area contributed by atoms with Crippen LogP contribution in [0, 0.1) is 0 Å². The monoisotopic (exact) mass is 538 g/mol. The molecule has 1 aliphatic rings. The SMILES string of the molecule is CCCCc1nc2c(n1Cc1ccc(-c3ccccc3-c3nnn[nH]3)cc1)C(=O)C(CCCC(=O)O)=C(C)C2=O. The van der Waals surface area contributed by atoms with E-state index in [1.807, 2.05) is 53.1 Å². The highest BCUT2D eigenvalue weighted by atomic mass is 16.4. The number of imidazole rings is 1. The van der Waals surface area contributed by atoms with Gasteiger partial charge in [-0.1, -0.05) is 61.9 Å². The zero-order chi connectivity index (χ0) is 28.2. The van der Waals surface area contributed by atoms with Gasteiger partial charge in [0.2, 0.25) is 11.6 Å². The number of nitrogens with one attached hydrogen (secondary N) is 1. The number of aliphatic carboxylic acids is 1. The first-order valence-corrected chi connectivity index (χ1v) is 13.4. The van der Waals surface area contributed by atoms with E-state index >= 15 is 0 Å². The average Bonchev–Trinajstić information content (AvgIpc) is 3.62. The topological polar surface area (TPSA) is 144 Å². The molecular formula is C30H30N6O4. The first-order valence-electron chi connectivity index (χ1n) is 13.4.